The lowest BCUT2D eigenvalue weighted by atomic mass is 10.0. The molecule has 0 saturated carbocycles. The molecule has 0 amide bonds. The monoisotopic (exact) mass is 260 g/mol. The summed E-state index contributed by atoms with van der Waals surface area (Å²) >= 11 is 11.8. The lowest BCUT2D eigenvalue weighted by Crippen LogP contribution is -2.34. The van der Waals surface area contributed by atoms with Crippen LogP contribution in [0.5, 0.6) is 0 Å². The van der Waals surface area contributed by atoms with Gasteiger partial charge in [-0.2, -0.15) is 0 Å². The molecule has 0 aliphatic rings. The molecule has 1 aromatic rings. The maximum atomic E-state index is 5.97. The Balaban J connectivity index is 2.59. The van der Waals surface area contributed by atoms with E-state index in [2.05, 4.69) is 12.2 Å². The Morgan fingerprint density at radius 3 is 2.62 bits per heavy atom. The standard InChI is InChI=1S/C12H18Cl2N2/c1-2-10(16-6-5-15)7-9-3-4-11(13)12(14)8-9/h3-4,8,10,16H,2,5-7,15H2,1H3. The first-order chi connectivity index (χ1) is 7.67. The van der Waals surface area contributed by atoms with Crippen molar-refractivity contribution in [2.45, 2.75) is 25.8 Å². The van der Waals surface area contributed by atoms with Crippen molar-refractivity contribution in [3.05, 3.63) is 33.8 Å². The number of hydrogen-bond donors (Lipinski definition) is 2. The van der Waals surface area contributed by atoms with Gasteiger partial charge in [0.1, 0.15) is 0 Å². The van der Waals surface area contributed by atoms with Crippen molar-refractivity contribution >= 4 is 23.2 Å². The largest absolute Gasteiger partial charge is 0.329 e. The Hall–Kier alpha value is -0.280. The predicted molar refractivity (Wildman–Crippen MR) is 71.3 cm³/mol. The van der Waals surface area contributed by atoms with Gasteiger partial charge in [-0.1, -0.05) is 36.2 Å². The fourth-order valence-corrected chi connectivity index (χ4v) is 1.92. The van der Waals surface area contributed by atoms with Crippen molar-refractivity contribution < 1.29 is 0 Å². The van der Waals surface area contributed by atoms with Crippen molar-refractivity contribution in [1.82, 2.24) is 5.32 Å². The number of nitrogens with two attached hydrogens (primary N) is 1. The number of benzene rings is 1. The summed E-state index contributed by atoms with van der Waals surface area (Å²) in [7, 11) is 0. The third kappa shape index (κ3) is 4.30. The van der Waals surface area contributed by atoms with Gasteiger partial charge < -0.3 is 11.1 Å². The number of rotatable bonds is 6. The summed E-state index contributed by atoms with van der Waals surface area (Å²) in [6, 6.07) is 6.23. The molecule has 0 heterocycles. The van der Waals surface area contributed by atoms with Crippen LogP contribution in [0.4, 0.5) is 0 Å². The second kappa shape index (κ2) is 7.13. The quantitative estimate of drug-likeness (QED) is 0.826. The van der Waals surface area contributed by atoms with Crippen LogP contribution >= 0.6 is 23.2 Å². The van der Waals surface area contributed by atoms with E-state index in [-0.39, 0.29) is 0 Å². The first-order valence-corrected chi connectivity index (χ1v) is 6.30. The third-order valence-electron chi connectivity index (χ3n) is 2.54. The first kappa shape index (κ1) is 13.8. The highest BCUT2D eigenvalue weighted by atomic mass is 35.5. The molecule has 0 aromatic heterocycles. The van der Waals surface area contributed by atoms with E-state index < -0.39 is 0 Å². The summed E-state index contributed by atoms with van der Waals surface area (Å²) in [4.78, 5) is 0. The van der Waals surface area contributed by atoms with Crippen LogP contribution in [-0.4, -0.2) is 19.1 Å². The smallest absolute Gasteiger partial charge is 0.0595 e. The average molecular weight is 261 g/mol. The molecule has 1 rings (SSSR count). The third-order valence-corrected chi connectivity index (χ3v) is 3.28. The molecular weight excluding hydrogens is 243 g/mol. The zero-order valence-electron chi connectivity index (χ0n) is 9.47. The molecular formula is C12H18Cl2N2. The maximum Gasteiger partial charge on any atom is 0.0595 e. The Kier molecular flexibility index (Phi) is 6.14. The highest BCUT2D eigenvalue weighted by molar-refractivity contribution is 6.42. The van der Waals surface area contributed by atoms with Gasteiger partial charge >= 0.3 is 0 Å². The van der Waals surface area contributed by atoms with Crippen LogP contribution in [0.25, 0.3) is 0 Å². The highest BCUT2D eigenvalue weighted by Crippen LogP contribution is 2.23. The van der Waals surface area contributed by atoms with Gasteiger partial charge in [-0.25, -0.2) is 0 Å². The minimum atomic E-state index is 0.445. The molecule has 0 fully saturated rings. The lowest BCUT2D eigenvalue weighted by Gasteiger charge is -2.16. The Morgan fingerprint density at radius 2 is 2.06 bits per heavy atom. The van der Waals surface area contributed by atoms with Crippen molar-refractivity contribution in [3.63, 3.8) is 0 Å². The molecule has 1 unspecified atom stereocenters. The van der Waals surface area contributed by atoms with Crippen molar-refractivity contribution in [2.24, 2.45) is 5.73 Å². The fraction of sp³-hybridized carbons (Fsp3) is 0.500. The van der Waals surface area contributed by atoms with Crippen LogP contribution in [0.1, 0.15) is 18.9 Å². The van der Waals surface area contributed by atoms with Crippen LogP contribution in [0, 0.1) is 0 Å². The second-order valence-electron chi connectivity index (χ2n) is 3.80. The van der Waals surface area contributed by atoms with E-state index >= 15 is 0 Å². The Bertz CT molecular complexity index is 329. The average Bonchev–Trinajstić information content (AvgIpc) is 2.29. The molecule has 0 bridgehead atoms. The van der Waals surface area contributed by atoms with Gasteiger partial charge in [0.05, 0.1) is 10.0 Å². The molecule has 4 heteroatoms. The molecule has 1 aromatic carbocycles. The van der Waals surface area contributed by atoms with E-state index in [1.165, 1.54) is 5.56 Å². The summed E-state index contributed by atoms with van der Waals surface area (Å²) in [5, 5.41) is 4.62. The SMILES string of the molecule is CCC(Cc1ccc(Cl)c(Cl)c1)NCCN. The van der Waals surface area contributed by atoms with Crippen molar-refractivity contribution in [2.75, 3.05) is 13.1 Å². The van der Waals surface area contributed by atoms with E-state index in [9.17, 15) is 0 Å². The summed E-state index contributed by atoms with van der Waals surface area (Å²) < 4.78 is 0. The molecule has 0 aliphatic carbocycles. The van der Waals surface area contributed by atoms with Crippen LogP contribution < -0.4 is 11.1 Å². The summed E-state index contributed by atoms with van der Waals surface area (Å²) in [6.07, 6.45) is 2.02. The van der Waals surface area contributed by atoms with Gasteiger partial charge in [0, 0.05) is 19.1 Å². The molecule has 0 spiro atoms. The molecule has 3 N–H and O–H groups in total. The zero-order valence-corrected chi connectivity index (χ0v) is 11.0. The zero-order chi connectivity index (χ0) is 12.0. The predicted octanol–water partition coefficient (Wildman–Crippen LogP) is 2.86. The van der Waals surface area contributed by atoms with Gasteiger partial charge in [-0.3, -0.25) is 0 Å². The minimum Gasteiger partial charge on any atom is -0.329 e. The molecule has 90 valence electrons. The summed E-state index contributed by atoms with van der Waals surface area (Å²) in [5.41, 5.74) is 6.67. The van der Waals surface area contributed by atoms with Gasteiger partial charge in [-0.15, -0.1) is 0 Å². The van der Waals surface area contributed by atoms with Crippen molar-refractivity contribution in [3.8, 4) is 0 Å². The topological polar surface area (TPSA) is 38.0 Å². The van der Waals surface area contributed by atoms with Crippen LogP contribution in [0.15, 0.2) is 18.2 Å². The fourth-order valence-electron chi connectivity index (χ4n) is 1.60. The number of nitrogens with one attached hydrogen (secondary N) is 1. The summed E-state index contributed by atoms with van der Waals surface area (Å²) in [6.45, 7) is 3.67. The van der Waals surface area contributed by atoms with Gasteiger partial charge in [0.2, 0.25) is 0 Å². The van der Waals surface area contributed by atoms with E-state index in [0.717, 1.165) is 19.4 Å². The van der Waals surface area contributed by atoms with Gasteiger partial charge in [0.15, 0.2) is 0 Å². The molecule has 0 saturated heterocycles. The van der Waals surface area contributed by atoms with Gasteiger partial charge in [0.25, 0.3) is 0 Å². The Morgan fingerprint density at radius 1 is 1.31 bits per heavy atom. The molecule has 1 atom stereocenters. The molecule has 0 aliphatic heterocycles. The first-order valence-electron chi connectivity index (χ1n) is 5.54. The number of halogens is 2. The molecule has 16 heavy (non-hydrogen) atoms. The van der Waals surface area contributed by atoms with Crippen LogP contribution in [0.3, 0.4) is 0 Å². The Labute approximate surface area is 107 Å². The van der Waals surface area contributed by atoms with E-state index in [4.69, 9.17) is 28.9 Å². The van der Waals surface area contributed by atoms with Crippen LogP contribution in [-0.2, 0) is 6.42 Å². The van der Waals surface area contributed by atoms with Crippen LogP contribution in [0.2, 0.25) is 10.0 Å². The van der Waals surface area contributed by atoms with E-state index in [1.807, 2.05) is 18.2 Å². The van der Waals surface area contributed by atoms with E-state index in [1.54, 1.807) is 0 Å². The normalized spacial score (nSPS) is 12.8. The highest BCUT2D eigenvalue weighted by Gasteiger charge is 2.07. The minimum absolute atomic E-state index is 0.445. The molecule has 2 nitrogen and oxygen atoms in total. The maximum absolute atomic E-state index is 5.97. The molecule has 0 radical (unpaired) electrons. The summed E-state index contributed by atoms with van der Waals surface area (Å²) in [5.74, 6) is 0. The van der Waals surface area contributed by atoms with Gasteiger partial charge in [-0.05, 0) is 30.5 Å². The number of hydrogen-bond acceptors (Lipinski definition) is 2. The van der Waals surface area contributed by atoms with Crippen molar-refractivity contribution in [1.29, 1.82) is 0 Å². The second-order valence-corrected chi connectivity index (χ2v) is 4.61. The lowest BCUT2D eigenvalue weighted by molar-refractivity contribution is 0.502. The van der Waals surface area contributed by atoms with E-state index in [0.29, 0.717) is 22.6 Å².